The first-order valence-corrected chi connectivity index (χ1v) is 10.5. The first kappa shape index (κ1) is 21.7. The number of aliphatic hydroxyl groups is 1. The number of methoxy groups -OCH3 is 1. The molecule has 3 aromatic rings. The lowest BCUT2D eigenvalue weighted by Gasteiger charge is -2.25. The Morgan fingerprint density at radius 1 is 1.16 bits per heavy atom. The number of ketones is 1. The molecule has 1 aliphatic heterocycles. The van der Waals surface area contributed by atoms with Crippen molar-refractivity contribution >= 4 is 33.4 Å². The molecule has 8 heteroatoms. The van der Waals surface area contributed by atoms with Gasteiger partial charge < -0.3 is 14.7 Å². The number of amides is 1. The number of ether oxygens (including phenoxy) is 1. The highest BCUT2D eigenvalue weighted by atomic mass is 79.9. The van der Waals surface area contributed by atoms with Gasteiger partial charge in [-0.15, -0.1) is 0 Å². The van der Waals surface area contributed by atoms with Crippen LogP contribution in [0.3, 0.4) is 0 Å². The van der Waals surface area contributed by atoms with Crippen molar-refractivity contribution < 1.29 is 23.8 Å². The van der Waals surface area contributed by atoms with Crippen LogP contribution in [0.2, 0.25) is 0 Å². The second kappa shape index (κ2) is 8.92. The van der Waals surface area contributed by atoms with Crippen LogP contribution in [0.15, 0.2) is 77.0 Å². The third kappa shape index (κ3) is 4.01. The highest BCUT2D eigenvalue weighted by Gasteiger charge is 2.46. The molecule has 0 bridgehead atoms. The maximum atomic E-state index is 14.3. The molecule has 1 amide bonds. The van der Waals surface area contributed by atoms with Crippen molar-refractivity contribution in [3.8, 4) is 5.75 Å². The average Bonchev–Trinajstić information content (AvgIpc) is 3.04. The molecule has 0 aliphatic carbocycles. The quantitative estimate of drug-likeness (QED) is 0.317. The smallest absolute Gasteiger partial charge is 0.295 e. The Balaban J connectivity index is 1.87. The number of nitrogens with zero attached hydrogens (tertiary/aromatic N) is 2. The minimum absolute atomic E-state index is 0.00299. The summed E-state index contributed by atoms with van der Waals surface area (Å²) in [4.78, 5) is 31.4. The molecular formula is C24H18BrFN2O4. The van der Waals surface area contributed by atoms with Gasteiger partial charge in [-0.25, -0.2) is 4.39 Å². The molecule has 32 heavy (non-hydrogen) atoms. The molecular weight excluding hydrogens is 479 g/mol. The van der Waals surface area contributed by atoms with Gasteiger partial charge in [-0.3, -0.25) is 14.6 Å². The van der Waals surface area contributed by atoms with Crippen molar-refractivity contribution in [1.82, 2.24) is 9.88 Å². The molecule has 0 spiro atoms. The summed E-state index contributed by atoms with van der Waals surface area (Å²) in [6.07, 6.45) is 3.19. The van der Waals surface area contributed by atoms with E-state index in [1.807, 2.05) is 6.07 Å². The lowest BCUT2D eigenvalue weighted by Crippen LogP contribution is -2.29. The summed E-state index contributed by atoms with van der Waals surface area (Å²) in [5.74, 6) is -2.73. The van der Waals surface area contributed by atoms with Gasteiger partial charge in [0.25, 0.3) is 11.7 Å². The van der Waals surface area contributed by atoms with Crippen LogP contribution in [-0.4, -0.2) is 33.8 Å². The number of hydrogen-bond donors (Lipinski definition) is 1. The Hall–Kier alpha value is -3.52. The molecule has 1 aliphatic rings. The van der Waals surface area contributed by atoms with Gasteiger partial charge in [0.15, 0.2) is 11.6 Å². The Morgan fingerprint density at radius 2 is 1.91 bits per heavy atom. The maximum Gasteiger partial charge on any atom is 0.295 e. The second-order valence-electron chi connectivity index (χ2n) is 7.19. The van der Waals surface area contributed by atoms with Crippen LogP contribution < -0.4 is 4.74 Å². The lowest BCUT2D eigenvalue weighted by molar-refractivity contribution is -0.140. The third-order valence-corrected chi connectivity index (χ3v) is 5.73. The zero-order valence-electron chi connectivity index (χ0n) is 17.0. The van der Waals surface area contributed by atoms with E-state index in [9.17, 15) is 19.1 Å². The Bertz CT molecular complexity index is 1230. The van der Waals surface area contributed by atoms with Gasteiger partial charge in [0.2, 0.25) is 0 Å². The fraction of sp³-hybridized carbons (Fsp3) is 0.125. The Kier molecular flexibility index (Phi) is 6.05. The Labute approximate surface area is 192 Å². The second-order valence-corrected chi connectivity index (χ2v) is 8.10. The minimum atomic E-state index is -0.856. The number of pyridine rings is 1. The summed E-state index contributed by atoms with van der Waals surface area (Å²) < 4.78 is 19.9. The number of carbonyl (C=O) groups is 2. The van der Waals surface area contributed by atoms with Crippen molar-refractivity contribution in [1.29, 1.82) is 0 Å². The number of Topliss-reactive ketones (excluding diaryl/α,β-unsaturated/α-hetero) is 1. The summed E-state index contributed by atoms with van der Waals surface area (Å²) in [6.45, 7) is 0.137. The first-order valence-electron chi connectivity index (χ1n) is 9.67. The monoisotopic (exact) mass is 496 g/mol. The Morgan fingerprint density at radius 3 is 2.56 bits per heavy atom. The molecule has 0 radical (unpaired) electrons. The van der Waals surface area contributed by atoms with Gasteiger partial charge in [-0.05, 0) is 53.6 Å². The van der Waals surface area contributed by atoms with Gasteiger partial charge >= 0.3 is 0 Å². The molecule has 1 fully saturated rings. The number of rotatable bonds is 5. The number of aliphatic hydroxyl groups excluding tert-OH is 1. The lowest BCUT2D eigenvalue weighted by atomic mass is 9.95. The SMILES string of the molecule is COc1ccc(C(O)=C2C(=O)C(=O)N(Cc3ccncc3)C2c2cccc(Br)c2)cc1F. The highest BCUT2D eigenvalue weighted by molar-refractivity contribution is 9.10. The van der Waals surface area contributed by atoms with Gasteiger partial charge in [0, 0.05) is 29.0 Å². The topological polar surface area (TPSA) is 79.7 Å². The largest absolute Gasteiger partial charge is 0.507 e. The van der Waals surface area contributed by atoms with Crippen molar-refractivity contribution in [2.24, 2.45) is 0 Å². The van der Waals surface area contributed by atoms with Crippen LogP contribution >= 0.6 is 15.9 Å². The van der Waals surface area contributed by atoms with E-state index in [0.29, 0.717) is 5.56 Å². The first-order chi connectivity index (χ1) is 15.4. The van der Waals surface area contributed by atoms with Crippen LogP contribution in [0.4, 0.5) is 4.39 Å². The summed E-state index contributed by atoms with van der Waals surface area (Å²) in [7, 11) is 1.33. The maximum absolute atomic E-state index is 14.3. The van der Waals surface area contributed by atoms with Gasteiger partial charge in [-0.2, -0.15) is 0 Å². The van der Waals surface area contributed by atoms with E-state index in [1.165, 1.54) is 24.1 Å². The van der Waals surface area contributed by atoms with E-state index >= 15 is 0 Å². The van der Waals surface area contributed by atoms with Crippen molar-refractivity contribution in [3.05, 3.63) is 99.5 Å². The van der Waals surface area contributed by atoms with Crippen LogP contribution in [0.5, 0.6) is 5.75 Å². The number of halogens is 2. The zero-order valence-corrected chi connectivity index (χ0v) is 18.5. The summed E-state index contributed by atoms with van der Waals surface area (Å²) in [6, 6.07) is 13.6. The van der Waals surface area contributed by atoms with Gasteiger partial charge in [-0.1, -0.05) is 28.1 Å². The van der Waals surface area contributed by atoms with Crippen LogP contribution in [0.1, 0.15) is 22.7 Å². The van der Waals surface area contributed by atoms with E-state index in [-0.39, 0.29) is 23.4 Å². The number of hydrogen-bond acceptors (Lipinski definition) is 5. The molecule has 4 rings (SSSR count). The zero-order chi connectivity index (χ0) is 22.8. The molecule has 1 aromatic heterocycles. The predicted molar refractivity (Wildman–Crippen MR) is 119 cm³/mol. The van der Waals surface area contributed by atoms with E-state index in [0.717, 1.165) is 16.1 Å². The van der Waals surface area contributed by atoms with E-state index in [4.69, 9.17) is 4.74 Å². The fourth-order valence-corrected chi connectivity index (χ4v) is 4.14. The number of benzene rings is 2. The molecule has 2 heterocycles. The van der Waals surface area contributed by atoms with Crippen molar-refractivity contribution in [2.75, 3.05) is 7.11 Å². The number of aromatic nitrogens is 1. The highest BCUT2D eigenvalue weighted by Crippen LogP contribution is 2.41. The fourth-order valence-electron chi connectivity index (χ4n) is 3.72. The third-order valence-electron chi connectivity index (χ3n) is 5.23. The van der Waals surface area contributed by atoms with E-state index in [1.54, 1.807) is 42.7 Å². The molecule has 1 N–H and O–H groups in total. The van der Waals surface area contributed by atoms with Crippen LogP contribution in [0, 0.1) is 5.82 Å². The molecule has 6 nitrogen and oxygen atoms in total. The molecule has 0 saturated carbocycles. The predicted octanol–water partition coefficient (Wildman–Crippen LogP) is 4.61. The average molecular weight is 497 g/mol. The summed E-state index contributed by atoms with van der Waals surface area (Å²) >= 11 is 3.41. The van der Waals surface area contributed by atoms with Crippen molar-refractivity contribution in [3.63, 3.8) is 0 Å². The minimum Gasteiger partial charge on any atom is -0.507 e. The van der Waals surface area contributed by atoms with E-state index < -0.39 is 29.3 Å². The van der Waals surface area contributed by atoms with Crippen LogP contribution in [-0.2, 0) is 16.1 Å². The molecule has 1 atom stereocenters. The summed E-state index contributed by atoms with van der Waals surface area (Å²) in [5, 5.41) is 11.0. The van der Waals surface area contributed by atoms with E-state index in [2.05, 4.69) is 20.9 Å². The van der Waals surface area contributed by atoms with Crippen LogP contribution in [0.25, 0.3) is 5.76 Å². The molecule has 162 valence electrons. The van der Waals surface area contributed by atoms with Gasteiger partial charge in [0.05, 0.1) is 18.7 Å². The van der Waals surface area contributed by atoms with Crippen molar-refractivity contribution in [2.45, 2.75) is 12.6 Å². The normalized spacial score (nSPS) is 17.6. The number of carbonyl (C=O) groups excluding carboxylic acids is 2. The van der Waals surface area contributed by atoms with Gasteiger partial charge in [0.1, 0.15) is 5.76 Å². The molecule has 1 unspecified atom stereocenters. The molecule has 1 saturated heterocycles. The summed E-state index contributed by atoms with van der Waals surface area (Å²) in [5.41, 5.74) is 1.37. The molecule has 2 aromatic carbocycles. The number of likely N-dealkylation sites (tertiary alicyclic amines) is 1. The standard InChI is InChI=1S/C24H18BrFN2O4/c1-32-19-6-5-16(12-18(19)26)22(29)20-21(15-3-2-4-17(25)11-15)28(24(31)23(20)30)13-14-7-9-27-10-8-14/h2-12,21,29H,13H2,1H3.